The molecule has 0 saturated carbocycles. The molecule has 0 aliphatic carbocycles. The molecule has 1 N–H and O–H groups in total. The molecule has 0 spiro atoms. The molecule has 0 unspecified atom stereocenters. The van der Waals surface area contributed by atoms with E-state index < -0.39 is 0 Å². The Hall–Kier alpha value is -1.55. The number of benzene rings is 1. The summed E-state index contributed by atoms with van der Waals surface area (Å²) >= 11 is 0. The van der Waals surface area contributed by atoms with Gasteiger partial charge in [0, 0.05) is 18.1 Å². The lowest BCUT2D eigenvalue weighted by Gasteiger charge is -2.09. The van der Waals surface area contributed by atoms with Gasteiger partial charge < -0.3 is 19.4 Å². The van der Waals surface area contributed by atoms with Crippen molar-refractivity contribution in [2.75, 3.05) is 13.7 Å². The van der Waals surface area contributed by atoms with Gasteiger partial charge in [-0.15, -0.1) is 0 Å². The Labute approximate surface area is 94.8 Å². The van der Waals surface area contributed by atoms with Gasteiger partial charge in [-0.3, -0.25) is 0 Å². The van der Waals surface area contributed by atoms with Crippen molar-refractivity contribution in [3.8, 4) is 11.5 Å². The average Bonchev–Trinajstić information content (AvgIpc) is 2.34. The van der Waals surface area contributed by atoms with Crippen LogP contribution >= 0.6 is 0 Å². The zero-order valence-corrected chi connectivity index (χ0v) is 9.31. The van der Waals surface area contributed by atoms with Crippen LogP contribution in [0.15, 0.2) is 18.2 Å². The van der Waals surface area contributed by atoms with E-state index >= 15 is 0 Å². The molecule has 0 amide bonds. The smallest absolute Gasteiger partial charge is 0.128 e. The fourth-order valence-electron chi connectivity index (χ4n) is 1.30. The van der Waals surface area contributed by atoms with Crippen LogP contribution in [0.2, 0.25) is 0 Å². The molecular formula is C12H16O4. The zero-order valence-electron chi connectivity index (χ0n) is 9.31. The molecule has 1 aromatic rings. The van der Waals surface area contributed by atoms with Gasteiger partial charge in [-0.25, -0.2) is 0 Å². The molecular weight excluding hydrogens is 208 g/mol. The first-order valence-corrected chi connectivity index (χ1v) is 5.16. The van der Waals surface area contributed by atoms with Gasteiger partial charge in [0.25, 0.3) is 0 Å². The molecule has 0 aliphatic heterocycles. The number of ether oxygens (including phenoxy) is 2. The maximum absolute atomic E-state index is 10.1. The normalized spacial score (nSPS) is 9.88. The minimum Gasteiger partial charge on any atom is -0.496 e. The number of hydrogen-bond donors (Lipinski definition) is 1. The van der Waals surface area contributed by atoms with Gasteiger partial charge in [0.2, 0.25) is 0 Å². The summed E-state index contributed by atoms with van der Waals surface area (Å²) in [5, 5.41) is 9.03. The van der Waals surface area contributed by atoms with Crippen LogP contribution in [0.1, 0.15) is 18.4 Å². The number of aliphatic hydroxyl groups is 1. The van der Waals surface area contributed by atoms with E-state index in [0.717, 1.165) is 11.8 Å². The monoisotopic (exact) mass is 224 g/mol. The summed E-state index contributed by atoms with van der Waals surface area (Å²) in [5.74, 6) is 1.29. The van der Waals surface area contributed by atoms with Crippen molar-refractivity contribution in [2.24, 2.45) is 0 Å². The lowest BCUT2D eigenvalue weighted by atomic mass is 10.2. The van der Waals surface area contributed by atoms with Crippen LogP contribution in [0.25, 0.3) is 0 Å². The molecule has 0 radical (unpaired) electrons. The Balaban J connectivity index is 2.57. The van der Waals surface area contributed by atoms with Crippen LogP contribution in [0, 0.1) is 0 Å². The highest BCUT2D eigenvalue weighted by Gasteiger charge is 2.03. The number of carbonyl (C=O) groups is 1. The summed E-state index contributed by atoms with van der Waals surface area (Å²) in [7, 11) is 1.55. The number of unbranched alkanes of at least 4 members (excludes halogenated alkanes) is 1. The predicted molar refractivity (Wildman–Crippen MR) is 59.7 cm³/mol. The van der Waals surface area contributed by atoms with Crippen LogP contribution in [-0.2, 0) is 11.4 Å². The second kappa shape index (κ2) is 6.85. The summed E-state index contributed by atoms with van der Waals surface area (Å²) in [5.41, 5.74) is 0.725. The van der Waals surface area contributed by atoms with Gasteiger partial charge in [0.15, 0.2) is 0 Å². The number of aliphatic hydroxyl groups excluding tert-OH is 1. The van der Waals surface area contributed by atoms with Crippen molar-refractivity contribution < 1.29 is 19.4 Å². The molecule has 1 aromatic carbocycles. The van der Waals surface area contributed by atoms with Crippen LogP contribution in [0.3, 0.4) is 0 Å². The Bertz CT molecular complexity index is 336. The summed E-state index contributed by atoms with van der Waals surface area (Å²) in [6, 6.07) is 5.26. The maximum atomic E-state index is 10.1. The Kier molecular flexibility index (Phi) is 5.36. The lowest BCUT2D eigenvalue weighted by Crippen LogP contribution is -1.99. The van der Waals surface area contributed by atoms with E-state index in [1.807, 2.05) is 0 Å². The fraction of sp³-hybridized carbons (Fsp3) is 0.417. The molecule has 0 atom stereocenters. The molecule has 1 rings (SSSR count). The number of aldehydes is 1. The first-order valence-electron chi connectivity index (χ1n) is 5.16. The molecule has 16 heavy (non-hydrogen) atoms. The molecule has 0 heterocycles. The Morgan fingerprint density at radius 1 is 1.44 bits per heavy atom. The number of rotatable bonds is 7. The lowest BCUT2D eigenvalue weighted by molar-refractivity contribution is -0.108. The Morgan fingerprint density at radius 2 is 2.25 bits per heavy atom. The average molecular weight is 224 g/mol. The quantitative estimate of drug-likeness (QED) is 0.564. The van der Waals surface area contributed by atoms with Crippen molar-refractivity contribution in [3.05, 3.63) is 23.8 Å². The standard InChI is InChI=1S/C12H16O4/c1-15-12-8-11(5-4-10(12)9-14)16-7-3-2-6-13/h4-6,8,14H,2-3,7,9H2,1H3. The van der Waals surface area contributed by atoms with E-state index in [1.165, 1.54) is 0 Å². The fourth-order valence-corrected chi connectivity index (χ4v) is 1.30. The van der Waals surface area contributed by atoms with Crippen LogP contribution in [0.5, 0.6) is 11.5 Å². The van der Waals surface area contributed by atoms with Crippen molar-refractivity contribution in [1.29, 1.82) is 0 Å². The highest BCUT2D eigenvalue weighted by atomic mass is 16.5. The highest BCUT2D eigenvalue weighted by molar-refractivity contribution is 5.49. The number of carbonyl (C=O) groups excluding carboxylic acids is 1. The third-order valence-corrected chi connectivity index (χ3v) is 2.16. The van der Waals surface area contributed by atoms with E-state index in [9.17, 15) is 4.79 Å². The van der Waals surface area contributed by atoms with E-state index in [0.29, 0.717) is 30.9 Å². The van der Waals surface area contributed by atoms with Crippen molar-refractivity contribution >= 4 is 6.29 Å². The molecule has 0 saturated heterocycles. The SMILES string of the molecule is COc1cc(OCCCC=O)ccc1CO. The zero-order chi connectivity index (χ0) is 11.8. The predicted octanol–water partition coefficient (Wildman–Crippen LogP) is 1.55. The summed E-state index contributed by atoms with van der Waals surface area (Å²) < 4.78 is 10.5. The molecule has 4 heteroatoms. The second-order valence-corrected chi connectivity index (χ2v) is 3.29. The van der Waals surface area contributed by atoms with Crippen LogP contribution < -0.4 is 9.47 Å². The first kappa shape index (κ1) is 12.5. The minimum atomic E-state index is -0.0609. The summed E-state index contributed by atoms with van der Waals surface area (Å²) in [6.45, 7) is 0.439. The van der Waals surface area contributed by atoms with Crippen molar-refractivity contribution in [1.82, 2.24) is 0 Å². The van der Waals surface area contributed by atoms with Gasteiger partial charge in [-0.1, -0.05) is 0 Å². The number of hydrogen-bond acceptors (Lipinski definition) is 4. The molecule has 4 nitrogen and oxygen atoms in total. The molecule has 0 aliphatic rings. The number of methoxy groups -OCH3 is 1. The summed E-state index contributed by atoms with van der Waals surface area (Å²) in [6.07, 6.45) is 2.08. The molecule has 0 bridgehead atoms. The van der Waals surface area contributed by atoms with Crippen LogP contribution in [0.4, 0.5) is 0 Å². The first-order chi connectivity index (χ1) is 7.81. The van der Waals surface area contributed by atoms with Gasteiger partial charge in [0.1, 0.15) is 17.8 Å². The molecule has 0 fully saturated rings. The van der Waals surface area contributed by atoms with Crippen LogP contribution in [-0.4, -0.2) is 25.1 Å². The van der Waals surface area contributed by atoms with Crippen molar-refractivity contribution in [2.45, 2.75) is 19.4 Å². The minimum absolute atomic E-state index is 0.0609. The molecule has 88 valence electrons. The summed E-state index contributed by atoms with van der Waals surface area (Å²) in [4.78, 5) is 10.1. The largest absolute Gasteiger partial charge is 0.496 e. The van der Waals surface area contributed by atoms with E-state index in [1.54, 1.807) is 25.3 Å². The third kappa shape index (κ3) is 3.55. The van der Waals surface area contributed by atoms with Gasteiger partial charge >= 0.3 is 0 Å². The van der Waals surface area contributed by atoms with Crippen molar-refractivity contribution in [3.63, 3.8) is 0 Å². The highest BCUT2D eigenvalue weighted by Crippen LogP contribution is 2.24. The van der Waals surface area contributed by atoms with Gasteiger partial charge in [-0.05, 0) is 18.6 Å². The third-order valence-electron chi connectivity index (χ3n) is 2.16. The topological polar surface area (TPSA) is 55.8 Å². The van der Waals surface area contributed by atoms with E-state index in [2.05, 4.69) is 0 Å². The second-order valence-electron chi connectivity index (χ2n) is 3.29. The maximum Gasteiger partial charge on any atom is 0.128 e. The van der Waals surface area contributed by atoms with E-state index in [4.69, 9.17) is 14.6 Å². The van der Waals surface area contributed by atoms with E-state index in [-0.39, 0.29) is 6.61 Å². The van der Waals surface area contributed by atoms with Gasteiger partial charge in [0.05, 0.1) is 20.3 Å². The van der Waals surface area contributed by atoms with Gasteiger partial charge in [-0.2, -0.15) is 0 Å². The Morgan fingerprint density at radius 3 is 2.88 bits per heavy atom. The molecule has 0 aromatic heterocycles.